The summed E-state index contributed by atoms with van der Waals surface area (Å²) in [7, 11) is 0. The molecule has 1 heterocycles. The van der Waals surface area contributed by atoms with Gasteiger partial charge in [0, 0.05) is 23.9 Å². The largest absolute Gasteiger partial charge is 0.411 e. The molecule has 0 saturated heterocycles. The van der Waals surface area contributed by atoms with Crippen LogP contribution < -0.4 is 0 Å². The first-order chi connectivity index (χ1) is 10.4. The van der Waals surface area contributed by atoms with Gasteiger partial charge in [-0.15, -0.1) is 5.16 Å². The van der Waals surface area contributed by atoms with Crippen LogP contribution >= 0.6 is 0 Å². The van der Waals surface area contributed by atoms with Gasteiger partial charge in [0.1, 0.15) is 5.82 Å². The van der Waals surface area contributed by atoms with Crippen LogP contribution in [0, 0.1) is 0 Å². The summed E-state index contributed by atoms with van der Waals surface area (Å²) in [5.41, 5.74) is 5.70. The molecule has 4 nitrogen and oxygen atoms in total. The molecule has 0 amide bonds. The van der Waals surface area contributed by atoms with E-state index in [1.54, 1.807) is 12.4 Å². The minimum Gasteiger partial charge on any atom is -0.411 e. The number of aromatic amines is 1. The summed E-state index contributed by atoms with van der Waals surface area (Å²) in [4.78, 5) is 7.54. The van der Waals surface area contributed by atoms with Crippen LogP contribution in [0.25, 0.3) is 22.5 Å². The maximum atomic E-state index is 8.98. The van der Waals surface area contributed by atoms with E-state index in [0.717, 1.165) is 28.1 Å². The van der Waals surface area contributed by atoms with Crippen LogP contribution in [-0.2, 0) is 0 Å². The molecule has 0 bridgehead atoms. The SMILES string of the molecule is ON=CC1c2ccccc2-c2c(-c3ncc[nH]3)cccc21. The molecule has 2 aromatic carbocycles. The molecule has 4 heteroatoms. The first-order valence-corrected chi connectivity index (χ1v) is 6.79. The van der Waals surface area contributed by atoms with Crippen LogP contribution in [0.3, 0.4) is 0 Å². The van der Waals surface area contributed by atoms with Crippen LogP contribution in [-0.4, -0.2) is 21.4 Å². The van der Waals surface area contributed by atoms with Gasteiger partial charge in [0.15, 0.2) is 0 Å². The summed E-state index contributed by atoms with van der Waals surface area (Å²) in [6, 6.07) is 14.4. The number of benzene rings is 2. The smallest absolute Gasteiger partial charge is 0.137 e. The van der Waals surface area contributed by atoms with E-state index in [-0.39, 0.29) is 5.92 Å². The zero-order valence-corrected chi connectivity index (χ0v) is 11.2. The topological polar surface area (TPSA) is 61.3 Å². The van der Waals surface area contributed by atoms with Crippen molar-refractivity contribution in [2.75, 3.05) is 0 Å². The standard InChI is InChI=1S/C17H13N3O/c21-20-10-15-11-4-1-2-5-12(11)16-13(15)6-3-7-14(16)17-18-8-9-19-17/h1-10,15,21H,(H,18,19). The zero-order valence-electron chi connectivity index (χ0n) is 11.2. The number of H-pyrrole nitrogens is 1. The number of hydrogen-bond acceptors (Lipinski definition) is 3. The highest BCUT2D eigenvalue weighted by atomic mass is 16.4. The van der Waals surface area contributed by atoms with Crippen LogP contribution in [0.15, 0.2) is 60.0 Å². The normalized spacial score (nSPS) is 16.1. The molecule has 1 aromatic heterocycles. The lowest BCUT2D eigenvalue weighted by atomic mass is 9.96. The maximum Gasteiger partial charge on any atom is 0.137 e. The Labute approximate surface area is 121 Å². The van der Waals surface area contributed by atoms with Crippen molar-refractivity contribution in [1.82, 2.24) is 9.97 Å². The third kappa shape index (κ3) is 1.69. The Morgan fingerprint density at radius 1 is 1.05 bits per heavy atom. The van der Waals surface area contributed by atoms with Crippen molar-refractivity contribution in [3.05, 3.63) is 66.0 Å². The third-order valence-electron chi connectivity index (χ3n) is 3.97. The number of hydrogen-bond donors (Lipinski definition) is 2. The zero-order chi connectivity index (χ0) is 14.2. The molecule has 21 heavy (non-hydrogen) atoms. The van der Waals surface area contributed by atoms with Crippen molar-refractivity contribution in [2.24, 2.45) is 5.16 Å². The second-order valence-corrected chi connectivity index (χ2v) is 5.04. The fourth-order valence-corrected chi connectivity index (χ4v) is 3.13. The van der Waals surface area contributed by atoms with E-state index in [9.17, 15) is 0 Å². The molecule has 4 rings (SSSR count). The van der Waals surface area contributed by atoms with E-state index in [1.165, 1.54) is 5.56 Å². The van der Waals surface area contributed by atoms with Gasteiger partial charge in [-0.05, 0) is 22.3 Å². The average Bonchev–Trinajstić information content (AvgIpc) is 3.15. The monoisotopic (exact) mass is 275 g/mol. The first-order valence-electron chi connectivity index (χ1n) is 6.79. The fraction of sp³-hybridized carbons (Fsp3) is 0.0588. The molecular formula is C17H13N3O. The van der Waals surface area contributed by atoms with Crippen molar-refractivity contribution in [3.8, 4) is 22.5 Å². The molecule has 102 valence electrons. The lowest BCUT2D eigenvalue weighted by Crippen LogP contribution is -1.97. The predicted octanol–water partition coefficient (Wildman–Crippen LogP) is 3.65. The van der Waals surface area contributed by atoms with Crippen LogP contribution in [0.1, 0.15) is 17.0 Å². The molecule has 1 aliphatic rings. The Morgan fingerprint density at radius 2 is 1.86 bits per heavy atom. The number of rotatable bonds is 2. The minimum absolute atomic E-state index is 0.0175. The van der Waals surface area contributed by atoms with Crippen molar-refractivity contribution in [2.45, 2.75) is 5.92 Å². The quantitative estimate of drug-likeness (QED) is 0.426. The Bertz CT molecular complexity index is 822. The predicted molar refractivity (Wildman–Crippen MR) is 81.6 cm³/mol. The summed E-state index contributed by atoms with van der Waals surface area (Å²) in [6.45, 7) is 0. The summed E-state index contributed by atoms with van der Waals surface area (Å²) in [5.74, 6) is 0.833. The van der Waals surface area contributed by atoms with Crippen molar-refractivity contribution < 1.29 is 5.21 Å². The molecule has 3 aromatic rings. The molecule has 1 unspecified atom stereocenters. The molecule has 1 aliphatic carbocycles. The molecule has 0 fully saturated rings. The van der Waals surface area contributed by atoms with Gasteiger partial charge >= 0.3 is 0 Å². The summed E-state index contributed by atoms with van der Waals surface area (Å²) < 4.78 is 0. The highest BCUT2D eigenvalue weighted by Gasteiger charge is 2.29. The van der Waals surface area contributed by atoms with Gasteiger partial charge in [-0.3, -0.25) is 0 Å². The molecule has 0 spiro atoms. The van der Waals surface area contributed by atoms with E-state index in [1.807, 2.05) is 24.4 Å². The van der Waals surface area contributed by atoms with Crippen molar-refractivity contribution >= 4 is 6.21 Å². The summed E-state index contributed by atoms with van der Waals surface area (Å²) in [5, 5.41) is 12.2. The average molecular weight is 275 g/mol. The molecule has 1 atom stereocenters. The van der Waals surface area contributed by atoms with E-state index in [0.29, 0.717) is 0 Å². The van der Waals surface area contributed by atoms with Gasteiger partial charge in [-0.1, -0.05) is 42.5 Å². The van der Waals surface area contributed by atoms with E-state index in [2.05, 4.69) is 39.4 Å². The highest BCUT2D eigenvalue weighted by Crippen LogP contribution is 2.47. The van der Waals surface area contributed by atoms with Gasteiger partial charge in [-0.25, -0.2) is 4.98 Å². The van der Waals surface area contributed by atoms with E-state index >= 15 is 0 Å². The minimum atomic E-state index is -0.0175. The number of imidazole rings is 1. The van der Waals surface area contributed by atoms with Crippen molar-refractivity contribution in [3.63, 3.8) is 0 Å². The molecule has 0 aliphatic heterocycles. The molecule has 0 radical (unpaired) electrons. The van der Waals surface area contributed by atoms with Crippen LogP contribution in [0.2, 0.25) is 0 Å². The number of aromatic nitrogens is 2. The lowest BCUT2D eigenvalue weighted by Gasteiger charge is -2.08. The second kappa shape index (κ2) is 4.59. The lowest BCUT2D eigenvalue weighted by molar-refractivity contribution is 0.320. The Kier molecular flexibility index (Phi) is 2.60. The number of nitrogens with zero attached hydrogens (tertiary/aromatic N) is 2. The van der Waals surface area contributed by atoms with E-state index < -0.39 is 0 Å². The summed E-state index contributed by atoms with van der Waals surface area (Å²) >= 11 is 0. The van der Waals surface area contributed by atoms with E-state index in [4.69, 9.17) is 5.21 Å². The Hall–Kier alpha value is -2.88. The third-order valence-corrected chi connectivity index (χ3v) is 3.97. The first kappa shape index (κ1) is 11.9. The highest BCUT2D eigenvalue weighted by molar-refractivity contribution is 5.95. The Balaban J connectivity index is 2.04. The Morgan fingerprint density at radius 3 is 2.67 bits per heavy atom. The fourth-order valence-electron chi connectivity index (χ4n) is 3.13. The number of nitrogens with one attached hydrogen (secondary N) is 1. The number of fused-ring (bicyclic) bond motifs is 3. The molecule has 2 N–H and O–H groups in total. The van der Waals surface area contributed by atoms with Gasteiger partial charge in [0.2, 0.25) is 0 Å². The maximum absolute atomic E-state index is 8.98. The molecular weight excluding hydrogens is 262 g/mol. The second-order valence-electron chi connectivity index (χ2n) is 5.04. The van der Waals surface area contributed by atoms with Crippen LogP contribution in [0.5, 0.6) is 0 Å². The van der Waals surface area contributed by atoms with Crippen molar-refractivity contribution in [1.29, 1.82) is 0 Å². The van der Waals surface area contributed by atoms with Gasteiger partial charge in [0.25, 0.3) is 0 Å². The van der Waals surface area contributed by atoms with Gasteiger partial charge in [0.05, 0.1) is 6.21 Å². The molecule has 0 saturated carbocycles. The number of oxime groups is 1. The van der Waals surface area contributed by atoms with Gasteiger partial charge in [-0.2, -0.15) is 0 Å². The van der Waals surface area contributed by atoms with Gasteiger partial charge < -0.3 is 10.2 Å². The van der Waals surface area contributed by atoms with Crippen LogP contribution in [0.4, 0.5) is 0 Å². The summed E-state index contributed by atoms with van der Waals surface area (Å²) in [6.07, 6.45) is 5.15.